The fraction of sp³-hybridized carbons (Fsp3) is 0.250. The fourth-order valence-corrected chi connectivity index (χ4v) is 2.85. The Labute approximate surface area is 146 Å². The smallest absolute Gasteiger partial charge is 0.307 e. The lowest BCUT2D eigenvalue weighted by Gasteiger charge is -2.13. The number of aryl methyl sites for hydroxylation is 2. The Hall–Kier alpha value is -2.95. The van der Waals surface area contributed by atoms with Crippen molar-refractivity contribution in [1.82, 2.24) is 4.90 Å². The molecule has 0 saturated carbocycles. The van der Waals surface area contributed by atoms with Gasteiger partial charge in [0, 0.05) is 6.54 Å². The molecule has 0 atom stereocenters. The minimum atomic E-state index is -0.436. The fourth-order valence-electron chi connectivity index (χ4n) is 2.85. The van der Waals surface area contributed by atoms with Crippen LogP contribution in [0.3, 0.4) is 0 Å². The summed E-state index contributed by atoms with van der Waals surface area (Å²) in [6.07, 6.45) is -0.0176. The van der Waals surface area contributed by atoms with Gasteiger partial charge >= 0.3 is 5.97 Å². The normalized spacial score (nSPS) is 13.1. The molecule has 0 bridgehead atoms. The predicted molar refractivity (Wildman–Crippen MR) is 92.1 cm³/mol. The van der Waals surface area contributed by atoms with Crippen LogP contribution in [0.5, 0.6) is 0 Å². The van der Waals surface area contributed by atoms with Gasteiger partial charge in [0.25, 0.3) is 11.8 Å². The van der Waals surface area contributed by atoms with E-state index < -0.39 is 5.97 Å². The standard InChI is InChI=1S/C20H19NO4/c1-13-4-3-5-15(10-13)12-25-18(22)8-9-21-19(23)16-7-6-14(2)11-17(16)20(21)24/h3-7,10-11H,8-9,12H2,1-2H3. The third-order valence-electron chi connectivity index (χ3n) is 4.15. The summed E-state index contributed by atoms with van der Waals surface area (Å²) in [6, 6.07) is 12.8. The molecular weight excluding hydrogens is 318 g/mol. The second-order valence-electron chi connectivity index (χ2n) is 6.21. The van der Waals surface area contributed by atoms with Crippen LogP contribution in [-0.4, -0.2) is 29.2 Å². The van der Waals surface area contributed by atoms with Crippen LogP contribution in [0, 0.1) is 13.8 Å². The van der Waals surface area contributed by atoms with Gasteiger partial charge in [-0.15, -0.1) is 0 Å². The van der Waals surface area contributed by atoms with Gasteiger partial charge in [-0.1, -0.05) is 41.5 Å². The summed E-state index contributed by atoms with van der Waals surface area (Å²) in [6.45, 7) is 4.04. The van der Waals surface area contributed by atoms with Gasteiger partial charge in [0.2, 0.25) is 0 Å². The van der Waals surface area contributed by atoms with Crippen LogP contribution in [0.25, 0.3) is 0 Å². The molecule has 0 N–H and O–H groups in total. The lowest BCUT2D eigenvalue weighted by molar-refractivity contribution is -0.145. The number of carbonyl (C=O) groups excluding carboxylic acids is 3. The van der Waals surface area contributed by atoms with Crippen LogP contribution in [0.2, 0.25) is 0 Å². The average molecular weight is 337 g/mol. The third kappa shape index (κ3) is 3.60. The molecule has 0 spiro atoms. The van der Waals surface area contributed by atoms with Gasteiger partial charge in [-0.05, 0) is 31.5 Å². The number of hydrogen-bond acceptors (Lipinski definition) is 4. The molecule has 2 amide bonds. The van der Waals surface area contributed by atoms with Gasteiger partial charge < -0.3 is 4.74 Å². The minimum absolute atomic E-state index is 0.0176. The monoisotopic (exact) mass is 337 g/mol. The van der Waals surface area contributed by atoms with Gasteiger partial charge in [-0.2, -0.15) is 0 Å². The number of ether oxygens (including phenoxy) is 1. The molecule has 2 aromatic rings. The summed E-state index contributed by atoms with van der Waals surface area (Å²) in [4.78, 5) is 37.7. The Bertz CT molecular complexity index is 857. The summed E-state index contributed by atoms with van der Waals surface area (Å²) in [5, 5.41) is 0. The number of nitrogens with zero attached hydrogens (tertiary/aromatic N) is 1. The van der Waals surface area contributed by atoms with Crippen molar-refractivity contribution in [1.29, 1.82) is 0 Å². The third-order valence-corrected chi connectivity index (χ3v) is 4.15. The van der Waals surface area contributed by atoms with Crippen LogP contribution < -0.4 is 0 Å². The van der Waals surface area contributed by atoms with Crippen LogP contribution in [0.1, 0.15) is 43.8 Å². The molecular formula is C20H19NO4. The van der Waals surface area contributed by atoms with E-state index >= 15 is 0 Å². The van der Waals surface area contributed by atoms with E-state index in [1.54, 1.807) is 18.2 Å². The first-order valence-electron chi connectivity index (χ1n) is 8.14. The zero-order chi connectivity index (χ0) is 18.0. The zero-order valence-corrected chi connectivity index (χ0v) is 14.2. The summed E-state index contributed by atoms with van der Waals surface area (Å²) >= 11 is 0. The molecule has 2 aromatic carbocycles. The topological polar surface area (TPSA) is 63.7 Å². The van der Waals surface area contributed by atoms with Crippen LogP contribution in [0.4, 0.5) is 0 Å². The van der Waals surface area contributed by atoms with E-state index in [0.29, 0.717) is 11.1 Å². The Morgan fingerprint density at radius 3 is 2.44 bits per heavy atom. The molecule has 1 aliphatic heterocycles. The highest BCUT2D eigenvalue weighted by Gasteiger charge is 2.35. The summed E-state index contributed by atoms with van der Waals surface area (Å²) < 4.78 is 5.22. The minimum Gasteiger partial charge on any atom is -0.461 e. The van der Waals surface area contributed by atoms with Crippen molar-refractivity contribution >= 4 is 17.8 Å². The molecule has 0 aliphatic carbocycles. The first kappa shape index (κ1) is 16.9. The Morgan fingerprint density at radius 1 is 0.960 bits per heavy atom. The lowest BCUT2D eigenvalue weighted by Crippen LogP contribution is -2.32. The summed E-state index contributed by atoms with van der Waals surface area (Å²) in [5.41, 5.74) is 3.71. The highest BCUT2D eigenvalue weighted by molar-refractivity contribution is 6.21. The zero-order valence-electron chi connectivity index (χ0n) is 14.2. The molecule has 0 saturated heterocycles. The number of fused-ring (bicyclic) bond motifs is 1. The Morgan fingerprint density at radius 2 is 1.68 bits per heavy atom. The molecule has 0 aromatic heterocycles. The number of imide groups is 1. The van der Waals surface area contributed by atoms with E-state index in [0.717, 1.165) is 21.6 Å². The molecule has 5 heteroatoms. The highest BCUT2D eigenvalue weighted by Crippen LogP contribution is 2.24. The maximum Gasteiger partial charge on any atom is 0.307 e. The second kappa shape index (κ2) is 6.89. The van der Waals surface area contributed by atoms with E-state index in [2.05, 4.69) is 0 Å². The van der Waals surface area contributed by atoms with E-state index in [9.17, 15) is 14.4 Å². The summed E-state index contributed by atoms with van der Waals surface area (Å²) in [5.74, 6) is -1.14. The number of carbonyl (C=O) groups is 3. The molecule has 3 rings (SSSR count). The van der Waals surface area contributed by atoms with E-state index in [1.165, 1.54) is 0 Å². The van der Waals surface area contributed by atoms with Crippen molar-refractivity contribution in [2.75, 3.05) is 6.54 Å². The van der Waals surface area contributed by atoms with Crippen LogP contribution in [-0.2, 0) is 16.1 Å². The maximum absolute atomic E-state index is 12.3. The molecule has 128 valence electrons. The number of esters is 1. The molecule has 5 nitrogen and oxygen atoms in total. The van der Waals surface area contributed by atoms with Crippen LogP contribution in [0.15, 0.2) is 42.5 Å². The molecule has 0 unspecified atom stereocenters. The predicted octanol–water partition coefficient (Wildman–Crippen LogP) is 3.03. The molecule has 0 fully saturated rings. The molecule has 25 heavy (non-hydrogen) atoms. The second-order valence-corrected chi connectivity index (χ2v) is 6.21. The van der Waals surface area contributed by atoms with Crippen molar-refractivity contribution in [3.8, 4) is 0 Å². The first-order valence-corrected chi connectivity index (χ1v) is 8.14. The molecule has 0 radical (unpaired) electrons. The number of rotatable bonds is 5. The van der Waals surface area contributed by atoms with E-state index in [4.69, 9.17) is 4.74 Å². The van der Waals surface area contributed by atoms with Crippen molar-refractivity contribution in [3.05, 3.63) is 70.3 Å². The van der Waals surface area contributed by atoms with Crippen molar-refractivity contribution < 1.29 is 19.1 Å². The van der Waals surface area contributed by atoms with Gasteiger partial charge in [-0.25, -0.2) is 0 Å². The van der Waals surface area contributed by atoms with Gasteiger partial charge in [0.1, 0.15) is 6.61 Å². The maximum atomic E-state index is 12.3. The number of amides is 2. The van der Waals surface area contributed by atoms with Gasteiger partial charge in [-0.3, -0.25) is 19.3 Å². The van der Waals surface area contributed by atoms with Crippen molar-refractivity contribution in [3.63, 3.8) is 0 Å². The van der Waals surface area contributed by atoms with Crippen molar-refractivity contribution in [2.24, 2.45) is 0 Å². The summed E-state index contributed by atoms with van der Waals surface area (Å²) in [7, 11) is 0. The Balaban J connectivity index is 1.56. The average Bonchev–Trinajstić information content (AvgIpc) is 2.82. The van der Waals surface area contributed by atoms with E-state index in [-0.39, 0.29) is 31.4 Å². The quantitative estimate of drug-likeness (QED) is 0.621. The Kier molecular flexibility index (Phi) is 4.65. The van der Waals surface area contributed by atoms with Crippen LogP contribution >= 0.6 is 0 Å². The lowest BCUT2D eigenvalue weighted by atomic mass is 10.1. The van der Waals surface area contributed by atoms with Crippen molar-refractivity contribution in [2.45, 2.75) is 26.9 Å². The molecule has 1 heterocycles. The van der Waals surface area contributed by atoms with Gasteiger partial charge in [0.15, 0.2) is 0 Å². The first-order chi connectivity index (χ1) is 12.0. The van der Waals surface area contributed by atoms with Gasteiger partial charge in [0.05, 0.1) is 17.5 Å². The van der Waals surface area contributed by atoms with E-state index in [1.807, 2.05) is 38.1 Å². The number of benzene rings is 2. The number of hydrogen-bond donors (Lipinski definition) is 0. The SMILES string of the molecule is Cc1cccc(COC(=O)CCN2C(=O)c3ccc(C)cc3C2=O)c1. The molecule has 1 aliphatic rings. The highest BCUT2D eigenvalue weighted by atomic mass is 16.5. The largest absolute Gasteiger partial charge is 0.461 e.